The molecule has 1 aromatic rings. The summed E-state index contributed by atoms with van der Waals surface area (Å²) in [4.78, 5) is 10.8. The highest BCUT2D eigenvalue weighted by molar-refractivity contribution is 5.64. The fourth-order valence-corrected chi connectivity index (χ4v) is 2.46. The van der Waals surface area contributed by atoms with Crippen molar-refractivity contribution in [1.82, 2.24) is 9.97 Å². The normalized spacial score (nSPS) is 19.3. The zero-order valence-corrected chi connectivity index (χ0v) is 11.8. The molecule has 106 valence electrons. The van der Waals surface area contributed by atoms with E-state index in [0.717, 1.165) is 38.4 Å². The average molecular weight is 266 g/mol. The van der Waals surface area contributed by atoms with Crippen LogP contribution in [-0.4, -0.2) is 49.9 Å². The van der Waals surface area contributed by atoms with Crippen molar-refractivity contribution >= 4 is 11.6 Å². The molecule has 2 rings (SSSR count). The van der Waals surface area contributed by atoms with Gasteiger partial charge in [0.1, 0.15) is 6.33 Å². The van der Waals surface area contributed by atoms with Gasteiger partial charge in [-0.15, -0.1) is 0 Å². The fourth-order valence-electron chi connectivity index (χ4n) is 2.46. The van der Waals surface area contributed by atoms with Gasteiger partial charge in [-0.3, -0.25) is 0 Å². The van der Waals surface area contributed by atoms with Gasteiger partial charge in [-0.2, -0.15) is 0 Å². The van der Waals surface area contributed by atoms with E-state index in [1.807, 2.05) is 14.0 Å². The van der Waals surface area contributed by atoms with Crippen molar-refractivity contribution in [2.45, 2.75) is 25.9 Å². The van der Waals surface area contributed by atoms with Crippen LogP contribution in [0.2, 0.25) is 0 Å². The van der Waals surface area contributed by atoms with E-state index in [2.05, 4.69) is 20.2 Å². The molecule has 0 radical (unpaired) electrons. The molecule has 0 aliphatic carbocycles. The maximum absolute atomic E-state index is 5.72. The summed E-state index contributed by atoms with van der Waals surface area (Å²) in [5, 5.41) is 3.03. The van der Waals surface area contributed by atoms with E-state index >= 15 is 0 Å². The molecule has 1 saturated heterocycles. The Hall–Kier alpha value is -1.56. The summed E-state index contributed by atoms with van der Waals surface area (Å²) in [6.07, 6.45) is 4.05. The third-order valence-corrected chi connectivity index (χ3v) is 3.31. The van der Waals surface area contributed by atoms with Crippen LogP contribution in [0.3, 0.4) is 0 Å². The summed E-state index contributed by atoms with van der Waals surface area (Å²) in [6.45, 7) is 4.61. The first-order valence-corrected chi connectivity index (χ1v) is 6.73. The Labute approximate surface area is 114 Å². The summed E-state index contributed by atoms with van der Waals surface area (Å²) in [6, 6.07) is 0. The molecule has 1 fully saturated rings. The molecule has 0 saturated carbocycles. The minimum atomic E-state index is 0.274. The van der Waals surface area contributed by atoms with Crippen LogP contribution in [-0.2, 0) is 4.74 Å². The molecule has 0 amide bonds. The van der Waals surface area contributed by atoms with Gasteiger partial charge >= 0.3 is 0 Å². The average Bonchev–Trinajstić information content (AvgIpc) is 2.47. The standard InChI is InChI=1S/C13H22N4O2/c1-4-19-10-6-5-7-17(8-10)13-11(18-3)12(14-2)15-9-16-13/h9-10H,4-8H2,1-3H3,(H,14,15,16). The number of piperidine rings is 1. The van der Waals surface area contributed by atoms with Crippen LogP contribution in [0.4, 0.5) is 11.6 Å². The second kappa shape index (κ2) is 6.56. The number of nitrogens with zero attached hydrogens (tertiary/aromatic N) is 3. The summed E-state index contributed by atoms with van der Waals surface area (Å²) in [7, 11) is 3.47. The SMILES string of the molecule is CCOC1CCCN(c2ncnc(NC)c2OC)C1. The Morgan fingerprint density at radius 3 is 3.00 bits per heavy atom. The highest BCUT2D eigenvalue weighted by Crippen LogP contribution is 2.33. The minimum absolute atomic E-state index is 0.274. The van der Waals surface area contributed by atoms with Crippen molar-refractivity contribution in [3.05, 3.63) is 6.33 Å². The number of ether oxygens (including phenoxy) is 2. The van der Waals surface area contributed by atoms with Crippen molar-refractivity contribution in [2.75, 3.05) is 44.1 Å². The smallest absolute Gasteiger partial charge is 0.204 e. The number of anilines is 2. The summed E-state index contributed by atoms with van der Waals surface area (Å²) < 4.78 is 11.2. The number of nitrogens with one attached hydrogen (secondary N) is 1. The topological polar surface area (TPSA) is 59.5 Å². The van der Waals surface area contributed by atoms with Gasteiger partial charge in [0, 0.05) is 26.7 Å². The van der Waals surface area contributed by atoms with Gasteiger partial charge < -0.3 is 19.7 Å². The molecule has 0 aromatic carbocycles. The molecule has 19 heavy (non-hydrogen) atoms. The molecule has 2 heterocycles. The van der Waals surface area contributed by atoms with E-state index in [9.17, 15) is 0 Å². The maximum Gasteiger partial charge on any atom is 0.204 e. The van der Waals surface area contributed by atoms with Crippen molar-refractivity contribution in [3.63, 3.8) is 0 Å². The number of hydrogen-bond acceptors (Lipinski definition) is 6. The number of aromatic nitrogens is 2. The van der Waals surface area contributed by atoms with Crippen LogP contribution in [0.25, 0.3) is 0 Å². The van der Waals surface area contributed by atoms with Crippen molar-refractivity contribution in [3.8, 4) is 5.75 Å². The third-order valence-electron chi connectivity index (χ3n) is 3.31. The molecule has 1 aliphatic rings. The Kier molecular flexibility index (Phi) is 4.79. The van der Waals surface area contributed by atoms with Crippen LogP contribution in [0.5, 0.6) is 5.75 Å². The van der Waals surface area contributed by atoms with Gasteiger partial charge in [0.05, 0.1) is 13.2 Å². The van der Waals surface area contributed by atoms with Crippen LogP contribution in [0, 0.1) is 0 Å². The Balaban J connectivity index is 2.20. The van der Waals surface area contributed by atoms with E-state index in [1.165, 1.54) is 0 Å². The van der Waals surface area contributed by atoms with Crippen LogP contribution >= 0.6 is 0 Å². The molecule has 0 spiro atoms. The second-order valence-electron chi connectivity index (χ2n) is 4.49. The van der Waals surface area contributed by atoms with Gasteiger partial charge in [-0.25, -0.2) is 9.97 Å². The van der Waals surface area contributed by atoms with Crippen molar-refractivity contribution in [1.29, 1.82) is 0 Å². The summed E-state index contributed by atoms with van der Waals surface area (Å²) in [5.41, 5.74) is 0. The van der Waals surface area contributed by atoms with E-state index < -0.39 is 0 Å². The summed E-state index contributed by atoms with van der Waals surface area (Å²) >= 11 is 0. The third kappa shape index (κ3) is 3.07. The highest BCUT2D eigenvalue weighted by Gasteiger charge is 2.24. The van der Waals surface area contributed by atoms with E-state index in [0.29, 0.717) is 11.6 Å². The quantitative estimate of drug-likeness (QED) is 0.872. The second-order valence-corrected chi connectivity index (χ2v) is 4.49. The van der Waals surface area contributed by atoms with E-state index in [1.54, 1.807) is 13.4 Å². The van der Waals surface area contributed by atoms with Crippen molar-refractivity contribution < 1.29 is 9.47 Å². The highest BCUT2D eigenvalue weighted by atomic mass is 16.5. The molecule has 1 unspecified atom stereocenters. The van der Waals surface area contributed by atoms with Crippen molar-refractivity contribution in [2.24, 2.45) is 0 Å². The number of rotatable bonds is 5. The molecular formula is C13H22N4O2. The maximum atomic E-state index is 5.72. The Bertz CT molecular complexity index is 412. The number of hydrogen-bond donors (Lipinski definition) is 1. The van der Waals surface area contributed by atoms with Gasteiger partial charge in [-0.05, 0) is 19.8 Å². The lowest BCUT2D eigenvalue weighted by atomic mass is 10.1. The molecule has 1 aromatic heterocycles. The lowest BCUT2D eigenvalue weighted by molar-refractivity contribution is 0.0524. The van der Waals surface area contributed by atoms with Gasteiger partial charge in [0.2, 0.25) is 5.75 Å². The predicted molar refractivity (Wildman–Crippen MR) is 75.0 cm³/mol. The molecular weight excluding hydrogens is 244 g/mol. The Morgan fingerprint density at radius 1 is 1.47 bits per heavy atom. The van der Waals surface area contributed by atoms with Crippen LogP contribution in [0.1, 0.15) is 19.8 Å². The van der Waals surface area contributed by atoms with E-state index in [-0.39, 0.29) is 6.10 Å². The van der Waals surface area contributed by atoms with Crippen LogP contribution in [0.15, 0.2) is 6.33 Å². The van der Waals surface area contributed by atoms with E-state index in [4.69, 9.17) is 9.47 Å². The lowest BCUT2D eigenvalue weighted by Crippen LogP contribution is -2.40. The van der Waals surface area contributed by atoms with Crippen LogP contribution < -0.4 is 15.0 Å². The first-order valence-electron chi connectivity index (χ1n) is 6.73. The predicted octanol–water partition coefficient (Wildman–Crippen LogP) is 1.53. The first-order chi connectivity index (χ1) is 9.30. The fraction of sp³-hybridized carbons (Fsp3) is 0.692. The largest absolute Gasteiger partial charge is 0.490 e. The zero-order chi connectivity index (χ0) is 13.7. The van der Waals surface area contributed by atoms with Gasteiger partial charge in [0.15, 0.2) is 11.6 Å². The first kappa shape index (κ1) is 13.9. The molecule has 0 bridgehead atoms. The van der Waals surface area contributed by atoms with Gasteiger partial charge in [0.25, 0.3) is 0 Å². The molecule has 1 N–H and O–H groups in total. The lowest BCUT2D eigenvalue weighted by Gasteiger charge is -2.34. The minimum Gasteiger partial charge on any atom is -0.490 e. The number of methoxy groups -OCH3 is 1. The van der Waals surface area contributed by atoms with Gasteiger partial charge in [-0.1, -0.05) is 0 Å². The Morgan fingerprint density at radius 2 is 2.32 bits per heavy atom. The summed E-state index contributed by atoms with van der Waals surface area (Å²) in [5.74, 6) is 2.25. The molecule has 1 atom stereocenters. The molecule has 6 heteroatoms. The monoisotopic (exact) mass is 266 g/mol. The zero-order valence-electron chi connectivity index (χ0n) is 11.8. The molecule has 1 aliphatic heterocycles. The molecule has 6 nitrogen and oxygen atoms in total.